The Morgan fingerprint density at radius 3 is 1.38 bits per heavy atom. The van der Waals surface area contributed by atoms with E-state index in [0.29, 0.717) is 13.0 Å². The van der Waals surface area contributed by atoms with Gasteiger partial charge in [0.05, 0.1) is 19.8 Å². The van der Waals surface area contributed by atoms with Gasteiger partial charge in [-0.15, -0.1) is 0 Å². The Hall–Kier alpha value is -2.46. The van der Waals surface area contributed by atoms with Crippen molar-refractivity contribution in [2.75, 3.05) is 26.4 Å². The third-order valence-electron chi connectivity index (χ3n) is 13.3. The van der Waals surface area contributed by atoms with Gasteiger partial charge >= 0.3 is 16.4 Å². The van der Waals surface area contributed by atoms with Crippen LogP contribution in [0.5, 0.6) is 0 Å². The first-order chi connectivity index (χ1) is 36.1. The molecule has 0 radical (unpaired) electrons. The predicted octanol–water partition coefficient (Wildman–Crippen LogP) is 15.0. The topological polar surface area (TPSA) is 178 Å². The number of aliphatic hydroxyl groups excluding tert-OH is 3. The molecule has 13 heteroatoms. The highest BCUT2D eigenvalue weighted by atomic mass is 32.3. The minimum absolute atomic E-state index is 0.0307. The molecule has 0 saturated carbocycles. The summed E-state index contributed by atoms with van der Waals surface area (Å²) >= 11 is 0. The van der Waals surface area contributed by atoms with Crippen LogP contribution in [0.2, 0.25) is 0 Å². The molecule has 1 saturated heterocycles. The average Bonchev–Trinajstić information content (AvgIpc) is 3.38. The molecule has 74 heavy (non-hydrogen) atoms. The Bertz CT molecular complexity index is 1560. The summed E-state index contributed by atoms with van der Waals surface area (Å²) in [6, 6.07) is 0. The van der Waals surface area contributed by atoms with Gasteiger partial charge in [-0.25, -0.2) is 4.18 Å². The van der Waals surface area contributed by atoms with Gasteiger partial charge in [-0.05, 0) is 83.5 Å². The van der Waals surface area contributed by atoms with Gasteiger partial charge in [0.25, 0.3) is 0 Å². The van der Waals surface area contributed by atoms with E-state index in [-0.39, 0.29) is 19.6 Å². The van der Waals surface area contributed by atoms with Crippen molar-refractivity contribution in [3.05, 3.63) is 72.9 Å². The lowest BCUT2D eigenvalue weighted by Gasteiger charge is -2.41. The molecule has 0 aliphatic carbocycles. The van der Waals surface area contributed by atoms with E-state index in [0.717, 1.165) is 77.0 Å². The maximum atomic E-state index is 13.0. The number of hydrogen-bond acceptors (Lipinski definition) is 11. The number of carbonyl (C=O) groups is 1. The molecule has 0 amide bonds. The van der Waals surface area contributed by atoms with E-state index < -0.39 is 59.8 Å². The molecule has 0 bridgehead atoms. The Morgan fingerprint density at radius 1 is 0.527 bits per heavy atom. The van der Waals surface area contributed by atoms with E-state index in [9.17, 15) is 33.1 Å². The van der Waals surface area contributed by atoms with E-state index in [2.05, 4.69) is 90.9 Å². The zero-order valence-electron chi connectivity index (χ0n) is 46.6. The second-order valence-corrected chi connectivity index (χ2v) is 21.3. The lowest BCUT2D eigenvalue weighted by Crippen LogP contribution is -2.60. The highest BCUT2D eigenvalue weighted by molar-refractivity contribution is 7.80. The first kappa shape index (κ1) is 69.6. The molecule has 6 unspecified atom stereocenters. The molecule has 0 aromatic carbocycles. The van der Waals surface area contributed by atoms with E-state index in [1.165, 1.54) is 141 Å². The highest BCUT2D eigenvalue weighted by Gasteiger charge is 2.48. The van der Waals surface area contributed by atoms with Gasteiger partial charge < -0.3 is 34.3 Å². The Kier molecular flexibility index (Phi) is 48.2. The van der Waals surface area contributed by atoms with Gasteiger partial charge in [-0.2, -0.15) is 8.42 Å². The van der Waals surface area contributed by atoms with Crippen LogP contribution in [0, 0.1) is 0 Å². The van der Waals surface area contributed by atoms with Crippen LogP contribution in [0.15, 0.2) is 72.9 Å². The first-order valence-corrected chi connectivity index (χ1v) is 31.1. The van der Waals surface area contributed by atoms with Crippen LogP contribution in [-0.4, -0.2) is 97.5 Å². The summed E-state index contributed by atoms with van der Waals surface area (Å²) in [4.78, 5) is 13.0. The molecule has 6 atom stereocenters. The van der Waals surface area contributed by atoms with Crippen molar-refractivity contribution >= 4 is 16.4 Å². The number of carbonyl (C=O) groups excluding carboxylic acids is 1. The SMILES string of the molecule is CC/C=C\C/C=C\C/C=C\C/C=C\C/C=C\CCCCCCCCCCCC(=O)OC(COCCCCCCCCCCCC/C=C\CCCCCCCCCC)COC1OC(CO)C(O)C(OS(=O)(=O)O)C1O. The zero-order valence-corrected chi connectivity index (χ0v) is 47.5. The summed E-state index contributed by atoms with van der Waals surface area (Å²) in [5.41, 5.74) is 0. The number of hydrogen-bond donors (Lipinski definition) is 4. The smallest absolute Gasteiger partial charge is 0.397 e. The van der Waals surface area contributed by atoms with Crippen molar-refractivity contribution in [1.29, 1.82) is 0 Å². The fourth-order valence-corrected chi connectivity index (χ4v) is 9.38. The minimum atomic E-state index is -5.07. The van der Waals surface area contributed by atoms with Gasteiger partial charge in [0.1, 0.15) is 30.5 Å². The van der Waals surface area contributed by atoms with E-state index in [4.69, 9.17) is 18.9 Å². The molecule has 0 aromatic heterocycles. The van der Waals surface area contributed by atoms with Crippen LogP contribution < -0.4 is 0 Å². The third-order valence-corrected chi connectivity index (χ3v) is 13.8. The lowest BCUT2D eigenvalue weighted by molar-refractivity contribution is -0.301. The fourth-order valence-electron chi connectivity index (χ4n) is 8.87. The Morgan fingerprint density at radius 2 is 0.932 bits per heavy atom. The number of aliphatic hydroxyl groups is 3. The first-order valence-electron chi connectivity index (χ1n) is 29.7. The van der Waals surface area contributed by atoms with Crippen molar-refractivity contribution < 1.29 is 56.2 Å². The van der Waals surface area contributed by atoms with Crippen molar-refractivity contribution in [3.8, 4) is 0 Å². The van der Waals surface area contributed by atoms with E-state index >= 15 is 0 Å². The maximum absolute atomic E-state index is 13.0. The molecule has 1 heterocycles. The largest absolute Gasteiger partial charge is 0.457 e. The highest BCUT2D eigenvalue weighted by Crippen LogP contribution is 2.26. The number of ether oxygens (including phenoxy) is 4. The molecule has 1 rings (SSSR count). The van der Waals surface area contributed by atoms with E-state index in [1.807, 2.05) is 0 Å². The van der Waals surface area contributed by atoms with Gasteiger partial charge in [0.15, 0.2) is 6.29 Å². The summed E-state index contributed by atoms with van der Waals surface area (Å²) in [7, 11) is -5.07. The second-order valence-electron chi connectivity index (χ2n) is 20.2. The summed E-state index contributed by atoms with van der Waals surface area (Å²) in [5, 5.41) is 30.9. The molecule has 12 nitrogen and oxygen atoms in total. The maximum Gasteiger partial charge on any atom is 0.397 e. The summed E-state index contributed by atoms with van der Waals surface area (Å²) in [6.45, 7) is 3.90. The van der Waals surface area contributed by atoms with Crippen LogP contribution >= 0.6 is 0 Å². The normalized spacial score (nSPS) is 19.2. The summed E-state index contributed by atoms with van der Waals surface area (Å²) in [5.74, 6) is -0.405. The average molecular weight is 1070 g/mol. The molecule has 430 valence electrons. The van der Waals surface area contributed by atoms with Crippen molar-refractivity contribution in [1.82, 2.24) is 0 Å². The van der Waals surface area contributed by atoms with Gasteiger partial charge in [0.2, 0.25) is 0 Å². The lowest BCUT2D eigenvalue weighted by atomic mass is 9.99. The molecule has 0 spiro atoms. The predicted molar refractivity (Wildman–Crippen MR) is 303 cm³/mol. The minimum Gasteiger partial charge on any atom is -0.457 e. The number of allylic oxidation sites excluding steroid dienone is 12. The molecule has 0 aromatic rings. The van der Waals surface area contributed by atoms with Crippen molar-refractivity contribution in [2.24, 2.45) is 0 Å². The second kappa shape index (κ2) is 51.3. The van der Waals surface area contributed by atoms with E-state index in [1.54, 1.807) is 0 Å². The molecule has 4 N–H and O–H groups in total. The van der Waals surface area contributed by atoms with Crippen LogP contribution in [0.3, 0.4) is 0 Å². The van der Waals surface area contributed by atoms with Crippen LogP contribution in [0.1, 0.15) is 245 Å². The van der Waals surface area contributed by atoms with Crippen LogP contribution in [0.25, 0.3) is 0 Å². The quantitative estimate of drug-likeness (QED) is 0.0196. The number of unbranched alkanes of at least 4 members (excludes halogenated alkanes) is 27. The fraction of sp³-hybridized carbons (Fsp3) is 0.787. The van der Waals surface area contributed by atoms with Gasteiger partial charge in [-0.3, -0.25) is 9.35 Å². The summed E-state index contributed by atoms with van der Waals surface area (Å²) < 4.78 is 59.5. The third kappa shape index (κ3) is 43.6. The standard InChI is InChI=1S/C61H108O12S/c1-3-5-7-9-11-13-15-17-19-21-23-25-27-28-29-30-32-34-36-38-40-42-44-46-48-50-57(63)71-55(54-70-61-59(65)60(73-74(66,67)68)58(64)56(52-62)72-61)53-69-51-49-47-45-43-41-39-37-35-33-31-26-24-22-20-18-16-14-12-10-8-6-4-2/h5,7,11,13,17,19,22-25,28-29,55-56,58-62,64-65H,3-4,6,8-10,12,14-16,18,20-21,26-27,30-54H2,1-2H3,(H,66,67,68)/b7-5-,13-11-,19-17-,24-22-,25-23-,29-28-. The zero-order chi connectivity index (χ0) is 53.8. The number of esters is 1. The van der Waals surface area contributed by atoms with Gasteiger partial charge in [0, 0.05) is 13.0 Å². The molecule has 1 fully saturated rings. The van der Waals surface area contributed by atoms with Crippen molar-refractivity contribution in [3.63, 3.8) is 0 Å². The summed E-state index contributed by atoms with van der Waals surface area (Å²) in [6.07, 6.45) is 59.3. The molecular weight excluding hydrogens is 957 g/mol. The Labute approximate surface area is 451 Å². The monoisotopic (exact) mass is 1060 g/mol. The Balaban J connectivity index is 2.30. The van der Waals surface area contributed by atoms with Crippen LogP contribution in [0.4, 0.5) is 0 Å². The molecule has 1 aliphatic rings. The molecule has 1 aliphatic heterocycles. The van der Waals surface area contributed by atoms with Gasteiger partial charge in [-0.1, -0.05) is 228 Å². The molecular formula is C61H108O12S. The number of rotatable bonds is 52. The van der Waals surface area contributed by atoms with Crippen LogP contribution in [-0.2, 0) is 38.3 Å². The van der Waals surface area contributed by atoms with Crippen molar-refractivity contribution in [2.45, 2.75) is 282 Å².